The van der Waals surface area contributed by atoms with E-state index < -0.39 is 0 Å². The Labute approximate surface area is 196 Å². The van der Waals surface area contributed by atoms with Gasteiger partial charge in [0.2, 0.25) is 5.91 Å². The van der Waals surface area contributed by atoms with Crippen molar-refractivity contribution in [1.82, 2.24) is 19.7 Å². The van der Waals surface area contributed by atoms with Crippen LogP contribution in [0.1, 0.15) is 43.7 Å². The summed E-state index contributed by atoms with van der Waals surface area (Å²) in [6.45, 7) is 10.1. The summed E-state index contributed by atoms with van der Waals surface area (Å²) in [5.41, 5.74) is 2.32. The van der Waals surface area contributed by atoms with E-state index in [2.05, 4.69) is 26.8 Å². The van der Waals surface area contributed by atoms with Crippen LogP contribution in [0.15, 0.2) is 24.3 Å². The number of piperazine rings is 1. The van der Waals surface area contributed by atoms with Gasteiger partial charge in [-0.3, -0.25) is 14.6 Å². The van der Waals surface area contributed by atoms with Gasteiger partial charge >= 0.3 is 0 Å². The predicted octanol–water partition coefficient (Wildman–Crippen LogP) is 3.90. The number of carbonyl (C=O) groups excluding carboxylic acids is 1. The van der Waals surface area contributed by atoms with E-state index in [9.17, 15) is 4.79 Å². The molecule has 174 valence electrons. The number of nitrogens with zero attached hydrogens (tertiary/aromatic N) is 4. The van der Waals surface area contributed by atoms with Crippen LogP contribution in [-0.2, 0) is 17.8 Å². The molecule has 0 spiro atoms. The fourth-order valence-electron chi connectivity index (χ4n) is 4.62. The number of ether oxygens (including phenoxy) is 1. The van der Waals surface area contributed by atoms with E-state index in [-0.39, 0.29) is 5.91 Å². The third-order valence-corrected chi connectivity index (χ3v) is 7.90. The largest absolute Gasteiger partial charge is 0.497 e. The SMILES string of the molecule is CC.COc1ccc(-c2nc3c(s2)CN(CC(=O)N2CCN(C4CCC4)CC2)CC3)cc1. The van der Waals surface area contributed by atoms with Gasteiger partial charge < -0.3 is 9.64 Å². The van der Waals surface area contributed by atoms with Crippen molar-refractivity contribution in [3.63, 3.8) is 0 Å². The number of benzene rings is 1. The zero-order chi connectivity index (χ0) is 22.5. The molecule has 1 amide bonds. The molecule has 2 aromatic rings. The molecular formula is C25H36N4O2S. The molecule has 2 aliphatic heterocycles. The summed E-state index contributed by atoms with van der Waals surface area (Å²) in [7, 11) is 1.68. The second kappa shape index (κ2) is 10.8. The number of hydrogen-bond acceptors (Lipinski definition) is 6. The molecule has 7 heteroatoms. The smallest absolute Gasteiger partial charge is 0.236 e. The van der Waals surface area contributed by atoms with E-state index in [4.69, 9.17) is 9.72 Å². The number of rotatable bonds is 5. The molecule has 1 aromatic carbocycles. The van der Waals surface area contributed by atoms with Crippen LogP contribution < -0.4 is 4.74 Å². The molecular weight excluding hydrogens is 420 g/mol. The van der Waals surface area contributed by atoms with Gasteiger partial charge in [-0.2, -0.15) is 0 Å². The van der Waals surface area contributed by atoms with E-state index in [0.717, 1.165) is 68.1 Å². The molecule has 0 N–H and O–H groups in total. The normalized spacial score (nSPS) is 19.5. The molecule has 3 heterocycles. The number of methoxy groups -OCH3 is 1. The van der Waals surface area contributed by atoms with Crippen LogP contribution in [0.25, 0.3) is 10.6 Å². The highest BCUT2D eigenvalue weighted by Gasteiger charge is 2.30. The van der Waals surface area contributed by atoms with Gasteiger partial charge in [0.15, 0.2) is 0 Å². The van der Waals surface area contributed by atoms with E-state index in [0.29, 0.717) is 6.54 Å². The zero-order valence-corrected chi connectivity index (χ0v) is 20.5. The molecule has 6 nitrogen and oxygen atoms in total. The minimum Gasteiger partial charge on any atom is -0.497 e. The number of fused-ring (bicyclic) bond motifs is 1. The lowest BCUT2D eigenvalue weighted by Gasteiger charge is -2.43. The Morgan fingerprint density at radius 2 is 1.81 bits per heavy atom. The average Bonchev–Trinajstić information content (AvgIpc) is 3.23. The van der Waals surface area contributed by atoms with Gasteiger partial charge in [0, 0.05) is 62.2 Å². The second-order valence-corrected chi connectivity index (χ2v) is 9.66. The summed E-state index contributed by atoms with van der Waals surface area (Å²) in [6.07, 6.45) is 4.98. The maximum absolute atomic E-state index is 12.9. The summed E-state index contributed by atoms with van der Waals surface area (Å²) >= 11 is 1.76. The van der Waals surface area contributed by atoms with Crippen LogP contribution in [-0.4, -0.2) is 78.0 Å². The summed E-state index contributed by atoms with van der Waals surface area (Å²) < 4.78 is 5.25. The predicted molar refractivity (Wildman–Crippen MR) is 130 cm³/mol. The maximum atomic E-state index is 12.9. The molecule has 1 saturated heterocycles. The van der Waals surface area contributed by atoms with Gasteiger partial charge in [-0.25, -0.2) is 4.98 Å². The van der Waals surface area contributed by atoms with Crippen LogP contribution in [0, 0.1) is 0 Å². The molecule has 1 saturated carbocycles. The fourth-order valence-corrected chi connectivity index (χ4v) is 5.78. The first-order valence-electron chi connectivity index (χ1n) is 12.1. The highest BCUT2D eigenvalue weighted by atomic mass is 32.1. The number of aromatic nitrogens is 1. The number of hydrogen-bond donors (Lipinski definition) is 0. The maximum Gasteiger partial charge on any atom is 0.236 e. The summed E-state index contributed by atoms with van der Waals surface area (Å²) in [5, 5.41) is 1.06. The molecule has 5 rings (SSSR count). The van der Waals surface area contributed by atoms with Gasteiger partial charge in [0.1, 0.15) is 10.8 Å². The highest BCUT2D eigenvalue weighted by molar-refractivity contribution is 7.15. The quantitative estimate of drug-likeness (QED) is 0.683. The molecule has 0 radical (unpaired) electrons. The lowest BCUT2D eigenvalue weighted by atomic mass is 9.91. The van der Waals surface area contributed by atoms with E-state index in [1.807, 2.05) is 26.0 Å². The summed E-state index contributed by atoms with van der Waals surface area (Å²) in [5.74, 6) is 1.14. The van der Waals surface area contributed by atoms with Crippen LogP contribution in [0.2, 0.25) is 0 Å². The van der Waals surface area contributed by atoms with E-state index in [1.54, 1.807) is 18.4 Å². The second-order valence-electron chi connectivity index (χ2n) is 8.58. The molecule has 1 aromatic heterocycles. The molecule has 0 unspecified atom stereocenters. The Bertz CT molecular complexity index is 886. The van der Waals surface area contributed by atoms with Crippen LogP contribution in [0.3, 0.4) is 0 Å². The lowest BCUT2D eigenvalue weighted by Crippen LogP contribution is -2.55. The van der Waals surface area contributed by atoms with Crippen LogP contribution in [0.5, 0.6) is 5.75 Å². The molecule has 0 atom stereocenters. The van der Waals surface area contributed by atoms with E-state index in [1.165, 1.54) is 29.8 Å². The Kier molecular flexibility index (Phi) is 7.81. The van der Waals surface area contributed by atoms with Crippen molar-refractivity contribution < 1.29 is 9.53 Å². The molecule has 1 aliphatic carbocycles. The number of thiazole rings is 1. The number of amides is 1. The van der Waals surface area contributed by atoms with Crippen molar-refractivity contribution in [3.05, 3.63) is 34.8 Å². The number of carbonyl (C=O) groups is 1. The third-order valence-electron chi connectivity index (χ3n) is 6.76. The highest BCUT2D eigenvalue weighted by Crippen LogP contribution is 2.32. The van der Waals surface area contributed by atoms with Crippen molar-refractivity contribution >= 4 is 17.2 Å². The lowest BCUT2D eigenvalue weighted by molar-refractivity contribution is -0.135. The molecule has 0 bridgehead atoms. The minimum absolute atomic E-state index is 0.284. The first-order chi connectivity index (χ1) is 15.7. The average molecular weight is 457 g/mol. The van der Waals surface area contributed by atoms with E-state index >= 15 is 0 Å². The Morgan fingerprint density at radius 1 is 1.09 bits per heavy atom. The van der Waals surface area contributed by atoms with Crippen molar-refractivity contribution in [2.75, 3.05) is 46.4 Å². The van der Waals surface area contributed by atoms with Crippen molar-refractivity contribution in [1.29, 1.82) is 0 Å². The Hall–Kier alpha value is -1.96. The van der Waals surface area contributed by atoms with Gasteiger partial charge in [-0.05, 0) is 37.1 Å². The summed E-state index contributed by atoms with van der Waals surface area (Å²) in [4.78, 5) is 26.0. The standard InChI is InChI=1S/C23H30N4O2S.C2H6/c1-29-19-7-5-17(6-8-19)23-24-20-9-10-25(15-21(20)30-23)16-22(28)27-13-11-26(12-14-27)18-3-2-4-18;1-2/h5-8,18H,2-4,9-16H2,1H3;1-2H3. The van der Waals surface area contributed by atoms with Gasteiger partial charge in [-0.15, -0.1) is 11.3 Å². The topological polar surface area (TPSA) is 48.9 Å². The molecule has 2 fully saturated rings. The summed E-state index contributed by atoms with van der Waals surface area (Å²) in [6, 6.07) is 8.87. The zero-order valence-electron chi connectivity index (χ0n) is 19.7. The molecule has 32 heavy (non-hydrogen) atoms. The first kappa shape index (κ1) is 23.2. The minimum atomic E-state index is 0.284. The Balaban J connectivity index is 0.00000119. The first-order valence-corrected chi connectivity index (χ1v) is 12.9. The van der Waals surface area contributed by atoms with Crippen molar-refractivity contribution in [2.24, 2.45) is 0 Å². The monoisotopic (exact) mass is 456 g/mol. The van der Waals surface area contributed by atoms with Gasteiger partial charge in [0.05, 0.1) is 19.3 Å². The molecule has 3 aliphatic rings. The van der Waals surface area contributed by atoms with Crippen molar-refractivity contribution in [3.8, 4) is 16.3 Å². The fraction of sp³-hybridized carbons (Fsp3) is 0.600. The third kappa shape index (κ3) is 5.16. The van der Waals surface area contributed by atoms with Gasteiger partial charge in [-0.1, -0.05) is 20.3 Å². The van der Waals surface area contributed by atoms with Crippen molar-refractivity contribution in [2.45, 2.75) is 52.1 Å². The van der Waals surface area contributed by atoms with Crippen LogP contribution in [0.4, 0.5) is 0 Å². The Morgan fingerprint density at radius 3 is 2.44 bits per heavy atom. The van der Waals surface area contributed by atoms with Gasteiger partial charge in [0.25, 0.3) is 0 Å². The van der Waals surface area contributed by atoms with Crippen LogP contribution >= 0.6 is 11.3 Å².